The Morgan fingerprint density at radius 1 is 1.03 bits per heavy atom. The van der Waals surface area contributed by atoms with Gasteiger partial charge in [0.25, 0.3) is 0 Å². The minimum atomic E-state index is -3.53. The molecule has 0 aliphatic heterocycles. The molecule has 0 radical (unpaired) electrons. The fraction of sp³-hybridized carbons (Fsp3) is 0.517. The van der Waals surface area contributed by atoms with Crippen LogP contribution >= 0.6 is 11.6 Å². The maximum atomic E-state index is 13.5. The molecule has 2 aromatic carbocycles. The van der Waals surface area contributed by atoms with Crippen LogP contribution in [0.15, 0.2) is 42.5 Å². The number of anilines is 1. The predicted molar refractivity (Wildman–Crippen MR) is 154 cm³/mol. The van der Waals surface area contributed by atoms with Gasteiger partial charge >= 0.3 is 0 Å². The minimum Gasteiger partial charge on any atom is -0.352 e. The maximum Gasteiger partial charge on any atom is 0.242 e. The van der Waals surface area contributed by atoms with Crippen LogP contribution in [0.5, 0.6) is 0 Å². The predicted octanol–water partition coefficient (Wildman–Crippen LogP) is 5.37. The van der Waals surface area contributed by atoms with Crippen molar-refractivity contribution < 1.29 is 18.0 Å². The molecule has 1 N–H and O–H groups in total. The van der Waals surface area contributed by atoms with E-state index in [4.69, 9.17) is 11.6 Å². The number of aryl methyl sites for hydroxylation is 2. The van der Waals surface area contributed by atoms with Crippen molar-refractivity contribution in [1.82, 2.24) is 10.2 Å². The van der Waals surface area contributed by atoms with Crippen molar-refractivity contribution in [2.45, 2.75) is 84.3 Å². The molecule has 208 valence electrons. The molecule has 3 rings (SSSR count). The number of halogens is 1. The number of nitrogens with one attached hydrogen (secondary N) is 1. The normalized spacial score (nSPS) is 15.1. The second kappa shape index (κ2) is 13.5. The van der Waals surface area contributed by atoms with Gasteiger partial charge in [-0.2, -0.15) is 0 Å². The fourth-order valence-electron chi connectivity index (χ4n) is 4.82. The Balaban J connectivity index is 1.72. The molecule has 1 aliphatic rings. The van der Waals surface area contributed by atoms with E-state index in [1.807, 2.05) is 38.1 Å². The van der Waals surface area contributed by atoms with Crippen LogP contribution in [0.25, 0.3) is 0 Å². The first-order valence-corrected chi connectivity index (χ1v) is 15.6. The number of rotatable bonds is 11. The summed E-state index contributed by atoms with van der Waals surface area (Å²) >= 11 is 6.04. The van der Waals surface area contributed by atoms with Gasteiger partial charge in [-0.1, -0.05) is 49.1 Å². The van der Waals surface area contributed by atoms with Crippen LogP contribution in [-0.4, -0.2) is 50.0 Å². The molecule has 38 heavy (non-hydrogen) atoms. The number of carbonyl (C=O) groups excluding carboxylic acids is 2. The van der Waals surface area contributed by atoms with Crippen molar-refractivity contribution in [2.75, 3.05) is 17.1 Å². The molecule has 1 fully saturated rings. The minimum absolute atomic E-state index is 0.117. The Bertz CT molecular complexity index is 1210. The number of benzene rings is 2. The molecular weight excluding hydrogens is 522 g/mol. The zero-order chi connectivity index (χ0) is 27.9. The molecule has 2 aromatic rings. The molecule has 1 atom stereocenters. The van der Waals surface area contributed by atoms with Crippen molar-refractivity contribution in [3.8, 4) is 0 Å². The second-order valence-electron chi connectivity index (χ2n) is 10.4. The summed E-state index contributed by atoms with van der Waals surface area (Å²) in [7, 11) is -3.53. The van der Waals surface area contributed by atoms with E-state index in [-0.39, 0.29) is 37.4 Å². The molecular formula is C29H40ClN3O4S. The summed E-state index contributed by atoms with van der Waals surface area (Å²) < 4.78 is 26.5. The van der Waals surface area contributed by atoms with Crippen LogP contribution in [-0.2, 0) is 26.2 Å². The second-order valence-corrected chi connectivity index (χ2v) is 12.7. The van der Waals surface area contributed by atoms with E-state index in [0.29, 0.717) is 17.1 Å². The first kappa shape index (κ1) is 30.0. The van der Waals surface area contributed by atoms with Crippen molar-refractivity contribution in [2.24, 2.45) is 0 Å². The van der Waals surface area contributed by atoms with Crippen molar-refractivity contribution in [3.05, 3.63) is 64.2 Å². The third kappa shape index (κ3) is 8.46. The van der Waals surface area contributed by atoms with Crippen molar-refractivity contribution >= 4 is 39.1 Å². The zero-order valence-corrected chi connectivity index (χ0v) is 24.4. The summed E-state index contributed by atoms with van der Waals surface area (Å²) in [5.74, 6) is -0.355. The average Bonchev–Trinajstić information content (AvgIpc) is 2.87. The number of hydrogen-bond acceptors (Lipinski definition) is 4. The third-order valence-electron chi connectivity index (χ3n) is 7.32. The summed E-state index contributed by atoms with van der Waals surface area (Å²) in [6, 6.07) is 12.2. The smallest absolute Gasteiger partial charge is 0.242 e. The van der Waals surface area contributed by atoms with E-state index in [1.165, 1.54) is 17.0 Å². The average molecular weight is 562 g/mol. The van der Waals surface area contributed by atoms with Crippen LogP contribution in [0.1, 0.15) is 68.6 Å². The van der Waals surface area contributed by atoms with Crippen molar-refractivity contribution in [1.29, 1.82) is 0 Å². The quantitative estimate of drug-likeness (QED) is 0.399. The molecule has 9 heteroatoms. The van der Waals surface area contributed by atoms with Gasteiger partial charge in [0.2, 0.25) is 21.8 Å². The highest BCUT2D eigenvalue weighted by Crippen LogP contribution is 2.23. The lowest BCUT2D eigenvalue weighted by atomic mass is 9.95. The Morgan fingerprint density at radius 3 is 2.29 bits per heavy atom. The van der Waals surface area contributed by atoms with Gasteiger partial charge < -0.3 is 10.2 Å². The van der Waals surface area contributed by atoms with Gasteiger partial charge in [-0.3, -0.25) is 13.9 Å². The van der Waals surface area contributed by atoms with Crippen LogP contribution in [0.3, 0.4) is 0 Å². The van der Waals surface area contributed by atoms with Gasteiger partial charge in [-0.15, -0.1) is 0 Å². The van der Waals surface area contributed by atoms with E-state index in [9.17, 15) is 18.0 Å². The lowest BCUT2D eigenvalue weighted by molar-refractivity contribution is -0.141. The molecule has 0 bridgehead atoms. The van der Waals surface area contributed by atoms with Gasteiger partial charge in [0.15, 0.2) is 0 Å². The molecule has 0 unspecified atom stereocenters. The third-order valence-corrected chi connectivity index (χ3v) is 8.76. The molecule has 0 heterocycles. The SMILES string of the molecule is Cc1ccc(N(CCCC(=O)N(Cc2ccc(Cl)cc2)[C@@H](C)C(=O)NC2CCCCC2)S(C)(=O)=O)cc1C. The van der Waals surface area contributed by atoms with Crippen LogP contribution in [0.2, 0.25) is 5.02 Å². The number of sulfonamides is 1. The lowest BCUT2D eigenvalue weighted by Crippen LogP contribution is -2.50. The summed E-state index contributed by atoms with van der Waals surface area (Å²) in [5.41, 5.74) is 3.53. The number of hydrogen-bond donors (Lipinski definition) is 1. The molecule has 7 nitrogen and oxygen atoms in total. The Morgan fingerprint density at radius 2 is 1.68 bits per heavy atom. The Labute approximate surface area is 232 Å². The Hall–Kier alpha value is -2.58. The van der Waals surface area contributed by atoms with Crippen LogP contribution in [0.4, 0.5) is 5.69 Å². The largest absolute Gasteiger partial charge is 0.352 e. The first-order valence-electron chi connectivity index (χ1n) is 13.3. The van der Waals surface area contributed by atoms with Gasteiger partial charge in [0.05, 0.1) is 11.9 Å². The highest BCUT2D eigenvalue weighted by molar-refractivity contribution is 7.92. The van der Waals surface area contributed by atoms with Gasteiger partial charge in [-0.25, -0.2) is 8.42 Å². The standard InChI is InChI=1S/C29H40ClN3O4S/c1-21-12-17-27(19-22(21)2)33(38(4,36)37)18-8-11-28(34)32(20-24-13-15-25(30)16-14-24)23(3)29(35)31-26-9-6-5-7-10-26/h12-17,19,23,26H,5-11,18,20H2,1-4H3,(H,31,35)/t23-/m0/s1. The summed E-state index contributed by atoms with van der Waals surface area (Å²) in [6.07, 6.45) is 6.93. The van der Waals surface area contributed by atoms with E-state index in [2.05, 4.69) is 5.32 Å². The summed E-state index contributed by atoms with van der Waals surface area (Å²) in [4.78, 5) is 28.2. The highest BCUT2D eigenvalue weighted by Gasteiger charge is 2.28. The first-order chi connectivity index (χ1) is 18.0. The maximum absolute atomic E-state index is 13.5. The topological polar surface area (TPSA) is 86.8 Å². The molecule has 0 saturated heterocycles. The molecule has 1 aliphatic carbocycles. The van der Waals surface area contributed by atoms with Crippen LogP contribution < -0.4 is 9.62 Å². The van der Waals surface area contributed by atoms with Crippen molar-refractivity contribution in [3.63, 3.8) is 0 Å². The number of amides is 2. The number of nitrogens with zero attached hydrogens (tertiary/aromatic N) is 2. The van der Waals surface area contributed by atoms with Gasteiger partial charge in [0, 0.05) is 30.6 Å². The fourth-order valence-corrected chi connectivity index (χ4v) is 5.91. The molecule has 0 aromatic heterocycles. The zero-order valence-electron chi connectivity index (χ0n) is 22.9. The Kier molecular flexibility index (Phi) is 10.6. The van der Waals surface area contributed by atoms with Gasteiger partial charge in [-0.05, 0) is 81.0 Å². The molecule has 2 amide bonds. The van der Waals surface area contributed by atoms with Gasteiger partial charge in [0.1, 0.15) is 6.04 Å². The summed E-state index contributed by atoms with van der Waals surface area (Å²) in [5, 5.41) is 3.73. The van der Waals surface area contributed by atoms with E-state index < -0.39 is 16.1 Å². The highest BCUT2D eigenvalue weighted by atomic mass is 35.5. The van der Waals surface area contributed by atoms with E-state index in [0.717, 1.165) is 42.4 Å². The van der Waals surface area contributed by atoms with Crippen LogP contribution in [0, 0.1) is 13.8 Å². The van der Waals surface area contributed by atoms with E-state index >= 15 is 0 Å². The molecule has 0 spiro atoms. The monoisotopic (exact) mass is 561 g/mol. The number of carbonyl (C=O) groups is 2. The summed E-state index contributed by atoms with van der Waals surface area (Å²) in [6.45, 7) is 6.11. The van der Waals surface area contributed by atoms with E-state index in [1.54, 1.807) is 30.0 Å². The molecule has 1 saturated carbocycles. The lowest BCUT2D eigenvalue weighted by Gasteiger charge is -2.31.